The fourth-order valence-corrected chi connectivity index (χ4v) is 4.33. The van der Waals surface area contributed by atoms with E-state index in [1.807, 2.05) is 60.4 Å². The van der Waals surface area contributed by atoms with Gasteiger partial charge in [0.15, 0.2) is 0 Å². The Morgan fingerprint density at radius 3 is 2.45 bits per heavy atom. The Morgan fingerprint density at radius 1 is 1.09 bits per heavy atom. The molecule has 1 amide bonds. The second kappa shape index (κ2) is 9.92. The van der Waals surface area contributed by atoms with Crippen LogP contribution in [0.1, 0.15) is 29.3 Å². The van der Waals surface area contributed by atoms with E-state index in [9.17, 15) is 14.7 Å². The number of nitrogens with zero attached hydrogens (tertiary/aromatic N) is 1. The molecule has 7 nitrogen and oxygen atoms in total. The smallest absolute Gasteiger partial charge is 0.323 e. The van der Waals surface area contributed by atoms with E-state index in [1.165, 1.54) is 7.11 Å². The lowest BCUT2D eigenvalue weighted by molar-refractivity contribution is -0.146. The lowest BCUT2D eigenvalue weighted by Gasteiger charge is -2.22. The first-order chi connectivity index (χ1) is 16.0. The molecular formula is C26H28N2O5. The van der Waals surface area contributed by atoms with Crippen molar-refractivity contribution in [2.45, 2.75) is 32.0 Å². The molecule has 33 heavy (non-hydrogen) atoms. The molecule has 0 bridgehead atoms. The van der Waals surface area contributed by atoms with Gasteiger partial charge in [-0.1, -0.05) is 36.4 Å². The molecule has 3 aromatic carbocycles. The van der Waals surface area contributed by atoms with Crippen molar-refractivity contribution < 1.29 is 24.2 Å². The number of methoxy groups -OCH3 is 1. The number of esters is 1. The molecule has 2 N–H and O–H groups in total. The summed E-state index contributed by atoms with van der Waals surface area (Å²) in [5.41, 5.74) is 1.25. The highest BCUT2D eigenvalue weighted by Gasteiger charge is 2.38. The number of hydrogen-bond donors (Lipinski definition) is 2. The second-order valence-electron chi connectivity index (χ2n) is 8.17. The molecule has 0 radical (unpaired) electrons. The summed E-state index contributed by atoms with van der Waals surface area (Å²) in [5, 5.41) is 15.1. The minimum atomic E-state index is -0.461. The van der Waals surface area contributed by atoms with Crippen molar-refractivity contribution in [3.63, 3.8) is 0 Å². The van der Waals surface area contributed by atoms with E-state index in [1.54, 1.807) is 12.1 Å². The minimum Gasteiger partial charge on any atom is -0.507 e. The molecule has 172 valence electrons. The fraction of sp³-hybridized carbons (Fsp3) is 0.308. The van der Waals surface area contributed by atoms with E-state index in [0.717, 1.165) is 22.1 Å². The van der Waals surface area contributed by atoms with Gasteiger partial charge in [0.1, 0.15) is 17.5 Å². The van der Waals surface area contributed by atoms with Crippen LogP contribution < -0.4 is 10.1 Å². The molecule has 3 aromatic rings. The van der Waals surface area contributed by atoms with Crippen molar-refractivity contribution in [3.8, 4) is 11.5 Å². The number of nitrogens with one attached hydrogen (secondary N) is 1. The molecule has 0 aliphatic carbocycles. The van der Waals surface area contributed by atoms with Gasteiger partial charge in [-0.3, -0.25) is 14.5 Å². The van der Waals surface area contributed by atoms with Crippen molar-refractivity contribution in [2.75, 3.05) is 20.3 Å². The van der Waals surface area contributed by atoms with Crippen LogP contribution in [0.3, 0.4) is 0 Å². The molecule has 1 heterocycles. The van der Waals surface area contributed by atoms with Crippen LogP contribution >= 0.6 is 0 Å². The maximum absolute atomic E-state index is 13.0. The summed E-state index contributed by atoms with van der Waals surface area (Å²) < 4.78 is 10.5. The number of likely N-dealkylation sites (tertiary alicyclic amines) is 1. The number of amides is 1. The highest BCUT2D eigenvalue weighted by atomic mass is 16.5. The largest absolute Gasteiger partial charge is 0.507 e. The van der Waals surface area contributed by atoms with Crippen LogP contribution in [0.25, 0.3) is 10.8 Å². The maximum Gasteiger partial charge on any atom is 0.323 e. The highest BCUT2D eigenvalue weighted by Crippen LogP contribution is 2.27. The third kappa shape index (κ3) is 5.09. The van der Waals surface area contributed by atoms with Crippen LogP contribution in [-0.4, -0.2) is 54.2 Å². The van der Waals surface area contributed by atoms with Crippen LogP contribution in [-0.2, 0) is 16.1 Å². The SMILES string of the molecule is CCOc1ccc(CN2C[C@@H](NC(=O)c3cc4ccccc4cc3O)C[C@H]2C(=O)OC)cc1. The van der Waals surface area contributed by atoms with Gasteiger partial charge in [-0.25, -0.2) is 0 Å². The van der Waals surface area contributed by atoms with Gasteiger partial charge in [0.25, 0.3) is 5.91 Å². The van der Waals surface area contributed by atoms with E-state index in [0.29, 0.717) is 26.1 Å². The first kappa shape index (κ1) is 22.6. The minimum absolute atomic E-state index is 0.0695. The molecule has 1 aliphatic rings. The lowest BCUT2D eigenvalue weighted by atomic mass is 10.0. The van der Waals surface area contributed by atoms with Gasteiger partial charge >= 0.3 is 5.97 Å². The molecule has 2 atom stereocenters. The molecule has 7 heteroatoms. The van der Waals surface area contributed by atoms with Crippen LogP contribution in [0.2, 0.25) is 0 Å². The molecule has 0 aromatic heterocycles. The summed E-state index contributed by atoms with van der Waals surface area (Å²) in [4.78, 5) is 27.4. The van der Waals surface area contributed by atoms with Crippen molar-refractivity contribution in [2.24, 2.45) is 0 Å². The standard InChI is InChI=1S/C26H28N2O5/c1-3-33-21-10-8-17(9-11-21)15-28-16-20(14-23(28)26(31)32-2)27-25(30)22-12-18-6-4-5-7-19(18)13-24(22)29/h4-13,20,23,29H,3,14-16H2,1-2H3,(H,27,30)/t20-,23-/m0/s1. The van der Waals surface area contributed by atoms with Gasteiger partial charge in [0.05, 0.1) is 19.3 Å². The average Bonchev–Trinajstić information content (AvgIpc) is 3.21. The normalized spacial score (nSPS) is 18.2. The van der Waals surface area contributed by atoms with E-state index in [-0.39, 0.29) is 29.2 Å². The number of hydrogen-bond acceptors (Lipinski definition) is 6. The summed E-state index contributed by atoms with van der Waals surface area (Å²) in [6.45, 7) is 3.57. The summed E-state index contributed by atoms with van der Waals surface area (Å²) in [7, 11) is 1.37. The topological polar surface area (TPSA) is 88.1 Å². The van der Waals surface area contributed by atoms with Crippen molar-refractivity contribution in [1.82, 2.24) is 10.2 Å². The Hall–Kier alpha value is -3.58. The van der Waals surface area contributed by atoms with Gasteiger partial charge in [-0.15, -0.1) is 0 Å². The van der Waals surface area contributed by atoms with E-state index < -0.39 is 6.04 Å². The Balaban J connectivity index is 1.47. The number of aromatic hydroxyl groups is 1. The zero-order valence-electron chi connectivity index (χ0n) is 18.8. The summed E-state index contributed by atoms with van der Waals surface area (Å²) in [6, 6.07) is 17.9. The monoisotopic (exact) mass is 448 g/mol. The maximum atomic E-state index is 13.0. The predicted molar refractivity (Wildman–Crippen MR) is 125 cm³/mol. The molecular weight excluding hydrogens is 420 g/mol. The molecule has 4 rings (SSSR count). The summed E-state index contributed by atoms with van der Waals surface area (Å²) in [6.07, 6.45) is 0.434. The molecule has 1 fully saturated rings. The number of phenols is 1. The Morgan fingerprint density at radius 2 is 1.79 bits per heavy atom. The molecule has 0 unspecified atom stereocenters. The van der Waals surface area contributed by atoms with Crippen LogP contribution in [0.15, 0.2) is 60.7 Å². The highest BCUT2D eigenvalue weighted by molar-refractivity contribution is 6.01. The van der Waals surface area contributed by atoms with Crippen molar-refractivity contribution in [1.29, 1.82) is 0 Å². The van der Waals surface area contributed by atoms with Gasteiger partial charge in [0, 0.05) is 19.1 Å². The number of benzene rings is 3. The van der Waals surface area contributed by atoms with E-state index in [4.69, 9.17) is 9.47 Å². The Bertz CT molecular complexity index is 1150. The Kier molecular flexibility index (Phi) is 6.79. The van der Waals surface area contributed by atoms with Crippen molar-refractivity contribution >= 4 is 22.6 Å². The van der Waals surface area contributed by atoms with Gasteiger partial charge < -0.3 is 19.9 Å². The molecule has 0 saturated carbocycles. The first-order valence-electron chi connectivity index (χ1n) is 11.0. The molecule has 0 spiro atoms. The quantitative estimate of drug-likeness (QED) is 0.538. The third-order valence-corrected chi connectivity index (χ3v) is 5.94. The number of rotatable bonds is 7. The molecule has 1 aliphatic heterocycles. The zero-order chi connectivity index (χ0) is 23.4. The number of fused-ring (bicyclic) bond motifs is 1. The fourth-order valence-electron chi connectivity index (χ4n) is 4.33. The zero-order valence-corrected chi connectivity index (χ0v) is 18.8. The number of carbonyl (C=O) groups is 2. The predicted octanol–water partition coefficient (Wildman–Crippen LogP) is 3.49. The van der Waals surface area contributed by atoms with E-state index >= 15 is 0 Å². The number of carbonyl (C=O) groups excluding carboxylic acids is 2. The molecule has 1 saturated heterocycles. The van der Waals surface area contributed by atoms with Gasteiger partial charge in [0.2, 0.25) is 0 Å². The lowest BCUT2D eigenvalue weighted by Crippen LogP contribution is -2.37. The van der Waals surface area contributed by atoms with Crippen LogP contribution in [0, 0.1) is 0 Å². The van der Waals surface area contributed by atoms with Crippen LogP contribution in [0.4, 0.5) is 0 Å². The van der Waals surface area contributed by atoms with Crippen LogP contribution in [0.5, 0.6) is 11.5 Å². The summed E-state index contributed by atoms with van der Waals surface area (Å²) in [5.74, 6) is 0.0357. The number of ether oxygens (including phenoxy) is 2. The first-order valence-corrected chi connectivity index (χ1v) is 11.0. The van der Waals surface area contributed by atoms with Gasteiger partial charge in [-0.2, -0.15) is 0 Å². The van der Waals surface area contributed by atoms with Crippen molar-refractivity contribution in [3.05, 3.63) is 71.8 Å². The third-order valence-electron chi connectivity index (χ3n) is 5.94. The Labute approximate surface area is 192 Å². The van der Waals surface area contributed by atoms with Gasteiger partial charge in [-0.05, 0) is 53.9 Å². The summed E-state index contributed by atoms with van der Waals surface area (Å²) >= 11 is 0. The average molecular weight is 449 g/mol. The number of phenolic OH excluding ortho intramolecular Hbond substituents is 1. The van der Waals surface area contributed by atoms with E-state index in [2.05, 4.69) is 5.32 Å². The second-order valence-corrected chi connectivity index (χ2v) is 8.17.